The van der Waals surface area contributed by atoms with Crippen molar-refractivity contribution >= 4 is 71.9 Å². The number of hydrogen-bond donors (Lipinski definition) is 0. The van der Waals surface area contributed by atoms with Crippen LogP contribution in [0.25, 0.3) is 81.4 Å². The molecule has 0 saturated carbocycles. The topological polar surface area (TPSA) is 30.7 Å². The van der Waals surface area contributed by atoms with Crippen molar-refractivity contribution in [1.82, 2.24) is 14.5 Å². The lowest BCUT2D eigenvalue weighted by Gasteiger charge is -2.20. The maximum Gasteiger partial charge on any atom is 0.159 e. The van der Waals surface area contributed by atoms with Crippen molar-refractivity contribution in [3.05, 3.63) is 140 Å². The predicted octanol–water partition coefficient (Wildman–Crippen LogP) is 10.1. The predicted molar refractivity (Wildman–Crippen MR) is 202 cm³/mol. The number of hydrogen-bond acceptors (Lipinski definition) is 3. The Morgan fingerprint density at radius 1 is 0.574 bits per heavy atom. The van der Waals surface area contributed by atoms with Gasteiger partial charge in [-0.1, -0.05) is 128 Å². The van der Waals surface area contributed by atoms with Crippen molar-refractivity contribution in [3.63, 3.8) is 0 Å². The lowest BCUT2D eigenvalue weighted by atomic mass is 9.99. The van der Waals surface area contributed by atoms with E-state index in [1.807, 2.05) is 11.3 Å². The average molecular weight is 636 g/mol. The van der Waals surface area contributed by atoms with Gasteiger partial charge in [-0.3, -0.25) is 0 Å². The fraction of sp³-hybridized carbons (Fsp3) is 0.0476. The van der Waals surface area contributed by atoms with Gasteiger partial charge in [-0.25, -0.2) is 9.97 Å². The molecule has 0 aliphatic carbocycles. The lowest BCUT2D eigenvalue weighted by Crippen LogP contribution is -2.50. The minimum absolute atomic E-state index is 0.789. The van der Waals surface area contributed by atoms with Crippen molar-refractivity contribution in [2.24, 2.45) is 0 Å². The summed E-state index contributed by atoms with van der Waals surface area (Å²) in [7, 11) is -2.08. The molecule has 5 heteroatoms. The Morgan fingerprint density at radius 3 is 2.15 bits per heavy atom. The Balaban J connectivity index is 1.32. The molecule has 6 aromatic carbocycles. The molecule has 0 spiro atoms. The Labute approximate surface area is 277 Å². The third-order valence-corrected chi connectivity index (χ3v) is 14.5. The fourth-order valence-corrected chi connectivity index (χ4v) is 12.0. The van der Waals surface area contributed by atoms with Gasteiger partial charge in [0, 0.05) is 53.0 Å². The molecule has 0 amide bonds. The van der Waals surface area contributed by atoms with Crippen LogP contribution in [-0.2, 0) is 0 Å². The highest BCUT2D eigenvalue weighted by Gasteiger charge is 2.41. The van der Waals surface area contributed by atoms with Gasteiger partial charge in [-0.2, -0.15) is 0 Å². The minimum Gasteiger partial charge on any atom is -0.309 e. The van der Waals surface area contributed by atoms with E-state index in [1.54, 1.807) is 0 Å². The zero-order chi connectivity index (χ0) is 31.3. The monoisotopic (exact) mass is 635 g/mol. The average Bonchev–Trinajstić information content (AvgIpc) is 3.74. The van der Waals surface area contributed by atoms with Crippen LogP contribution in [0.2, 0.25) is 13.1 Å². The van der Waals surface area contributed by atoms with Crippen LogP contribution >= 0.6 is 11.3 Å². The lowest BCUT2D eigenvalue weighted by molar-refractivity contribution is 1.16. The van der Waals surface area contributed by atoms with Gasteiger partial charge in [-0.15, -0.1) is 11.3 Å². The summed E-state index contributed by atoms with van der Waals surface area (Å²) in [6, 6.07) is 50.4. The van der Waals surface area contributed by atoms with Crippen molar-refractivity contribution in [2.45, 2.75) is 13.1 Å². The highest BCUT2D eigenvalue weighted by Crippen LogP contribution is 2.45. The summed E-state index contributed by atoms with van der Waals surface area (Å²) in [5, 5.41) is 7.86. The summed E-state index contributed by atoms with van der Waals surface area (Å²) in [5.74, 6) is 0.789. The third-order valence-electron chi connectivity index (χ3n) is 9.98. The highest BCUT2D eigenvalue weighted by atomic mass is 32.1. The van der Waals surface area contributed by atoms with Crippen LogP contribution < -0.4 is 10.5 Å². The second-order valence-corrected chi connectivity index (χ2v) is 18.3. The van der Waals surface area contributed by atoms with E-state index in [0.29, 0.717) is 0 Å². The number of rotatable bonds is 3. The first-order chi connectivity index (χ1) is 23.1. The molecule has 47 heavy (non-hydrogen) atoms. The van der Waals surface area contributed by atoms with E-state index in [4.69, 9.17) is 9.97 Å². The molecule has 1 aliphatic rings. The number of nitrogens with zero attached hydrogens (tertiary/aromatic N) is 3. The fourth-order valence-electron chi connectivity index (χ4n) is 7.82. The van der Waals surface area contributed by atoms with E-state index in [0.717, 1.165) is 28.3 Å². The zero-order valence-corrected chi connectivity index (χ0v) is 27.8. The molecule has 3 aromatic heterocycles. The van der Waals surface area contributed by atoms with E-state index in [2.05, 4.69) is 157 Å². The molecule has 9 aromatic rings. The van der Waals surface area contributed by atoms with Gasteiger partial charge in [0.2, 0.25) is 0 Å². The summed E-state index contributed by atoms with van der Waals surface area (Å²) >= 11 is 1.89. The smallest absolute Gasteiger partial charge is 0.159 e. The molecule has 10 rings (SSSR count). The normalized spacial score (nSPS) is 13.5. The summed E-state index contributed by atoms with van der Waals surface area (Å²) in [4.78, 5) is 10.8. The summed E-state index contributed by atoms with van der Waals surface area (Å²) in [6.45, 7) is 4.86. The largest absolute Gasteiger partial charge is 0.309 e. The van der Waals surface area contributed by atoms with Crippen molar-refractivity contribution < 1.29 is 0 Å². The first-order valence-corrected chi connectivity index (χ1v) is 19.9. The first-order valence-electron chi connectivity index (χ1n) is 16.1. The summed E-state index contributed by atoms with van der Waals surface area (Å²) < 4.78 is 5.12. The van der Waals surface area contributed by atoms with Gasteiger partial charge in [0.05, 0.1) is 22.4 Å². The number of thiophene rings is 1. The van der Waals surface area contributed by atoms with Gasteiger partial charge in [0.15, 0.2) is 5.82 Å². The van der Waals surface area contributed by atoms with E-state index in [9.17, 15) is 0 Å². The highest BCUT2D eigenvalue weighted by molar-refractivity contribution is 7.26. The Morgan fingerprint density at radius 2 is 1.28 bits per heavy atom. The molecule has 0 radical (unpaired) electrons. The number of para-hydroxylation sites is 2. The molecule has 0 saturated heterocycles. The van der Waals surface area contributed by atoms with Crippen LogP contribution in [0, 0.1) is 0 Å². The van der Waals surface area contributed by atoms with Crippen LogP contribution in [0.15, 0.2) is 140 Å². The van der Waals surface area contributed by atoms with Crippen molar-refractivity contribution in [3.8, 4) is 39.5 Å². The second-order valence-electron chi connectivity index (χ2n) is 13.0. The van der Waals surface area contributed by atoms with Crippen LogP contribution in [0.3, 0.4) is 0 Å². The molecule has 1 aliphatic heterocycles. The zero-order valence-electron chi connectivity index (χ0n) is 26.0. The van der Waals surface area contributed by atoms with Crippen molar-refractivity contribution in [1.29, 1.82) is 0 Å². The summed E-state index contributed by atoms with van der Waals surface area (Å²) in [5.41, 5.74) is 9.16. The Hall–Kier alpha value is -5.36. The molecular weight excluding hydrogens is 607 g/mol. The van der Waals surface area contributed by atoms with Crippen LogP contribution in [0.5, 0.6) is 0 Å². The molecule has 0 fully saturated rings. The Kier molecular flexibility index (Phi) is 5.60. The minimum atomic E-state index is -2.08. The first kappa shape index (κ1) is 26.8. The maximum absolute atomic E-state index is 5.46. The maximum atomic E-state index is 5.46. The van der Waals surface area contributed by atoms with Gasteiger partial charge < -0.3 is 4.57 Å². The van der Waals surface area contributed by atoms with E-state index >= 15 is 0 Å². The van der Waals surface area contributed by atoms with Crippen LogP contribution in [0.4, 0.5) is 0 Å². The number of fused-ring (bicyclic) bond motifs is 10. The number of benzene rings is 6. The van der Waals surface area contributed by atoms with Gasteiger partial charge in [0.1, 0.15) is 8.07 Å². The standard InChI is InChI=1S/C42H29N3SSi/c1-47(2)36-23-13-9-19-31(36)38-39(43-41(44-42(38)47)26-14-4-3-5-15-26)30-18-7-11-21-33(30)45-32-20-10-6-17-29(32)37-34(45)25-24-28-27-16-8-12-22-35(27)46-40(28)37/h3-25H,1-2H3. The molecule has 4 heterocycles. The van der Waals surface area contributed by atoms with E-state index < -0.39 is 8.07 Å². The molecular formula is C42H29N3SSi. The third kappa shape index (κ3) is 3.72. The molecule has 0 N–H and O–H groups in total. The molecule has 0 unspecified atom stereocenters. The quantitative estimate of drug-likeness (QED) is 0.181. The molecule has 3 nitrogen and oxygen atoms in total. The molecule has 0 atom stereocenters. The van der Waals surface area contributed by atoms with Gasteiger partial charge in [0.25, 0.3) is 0 Å². The van der Waals surface area contributed by atoms with Crippen molar-refractivity contribution in [2.75, 3.05) is 0 Å². The Bertz CT molecular complexity index is 2720. The van der Waals surface area contributed by atoms with E-state index in [1.165, 1.54) is 63.6 Å². The van der Waals surface area contributed by atoms with Gasteiger partial charge >= 0.3 is 0 Å². The van der Waals surface area contributed by atoms with Crippen LogP contribution in [-0.4, -0.2) is 22.6 Å². The summed E-state index contributed by atoms with van der Waals surface area (Å²) in [6.07, 6.45) is 0. The van der Waals surface area contributed by atoms with Crippen LogP contribution in [0.1, 0.15) is 0 Å². The van der Waals surface area contributed by atoms with E-state index in [-0.39, 0.29) is 0 Å². The number of aromatic nitrogens is 3. The van der Waals surface area contributed by atoms with Gasteiger partial charge in [-0.05, 0) is 35.0 Å². The molecule has 222 valence electrons. The second kappa shape index (κ2) is 9.82. The molecule has 0 bridgehead atoms. The SMILES string of the molecule is C[Si]1(C)c2ccccc2-c2c(-c3ccccc3-n3c4ccccc4c4c5sc6ccccc6c5ccc43)nc(-c3ccccc3)nc21.